The highest BCUT2D eigenvalue weighted by atomic mass is 17.3. The quantitative estimate of drug-likeness (QED) is 0.448. The van der Waals surface area contributed by atoms with Gasteiger partial charge in [0, 0.05) is 23.9 Å². The third-order valence-electron chi connectivity index (χ3n) is 4.03. The molecule has 22 heavy (non-hydrogen) atoms. The van der Waals surface area contributed by atoms with E-state index in [4.69, 9.17) is 4.99 Å². The molecule has 2 amide bonds. The molecule has 0 bridgehead atoms. The lowest BCUT2D eigenvalue weighted by molar-refractivity contribution is -0.452. The summed E-state index contributed by atoms with van der Waals surface area (Å²) in [5, 5.41) is 2.02. The van der Waals surface area contributed by atoms with E-state index < -0.39 is 18.0 Å². The summed E-state index contributed by atoms with van der Waals surface area (Å²) in [7, 11) is 0. The van der Waals surface area contributed by atoms with Crippen molar-refractivity contribution in [3.8, 4) is 0 Å². The molecule has 0 saturated carbocycles. The van der Waals surface area contributed by atoms with Gasteiger partial charge in [-0.05, 0) is 47.0 Å². The molecule has 8 nitrogen and oxygen atoms in total. The summed E-state index contributed by atoms with van der Waals surface area (Å²) in [6, 6.07) is 0. The van der Waals surface area contributed by atoms with Gasteiger partial charge in [0.15, 0.2) is 0 Å². The number of nitrogens with zero attached hydrogens (tertiary/aromatic N) is 2. The monoisotopic (exact) mass is 314 g/mol. The van der Waals surface area contributed by atoms with Crippen LogP contribution in [-0.2, 0) is 24.3 Å². The Bertz CT molecular complexity index is 456. The van der Waals surface area contributed by atoms with Crippen molar-refractivity contribution < 1.29 is 29.1 Å². The molecular formula is C14H22N2O6. The Balaban J connectivity index is 1.92. The van der Waals surface area contributed by atoms with Crippen LogP contribution in [0.5, 0.6) is 0 Å². The lowest BCUT2D eigenvalue weighted by Crippen LogP contribution is -2.58. The zero-order valence-electron chi connectivity index (χ0n) is 13.4. The zero-order chi connectivity index (χ0) is 16.5. The first-order valence-electron chi connectivity index (χ1n) is 7.36. The van der Waals surface area contributed by atoms with Gasteiger partial charge >= 0.3 is 6.16 Å². The second kappa shape index (κ2) is 5.85. The van der Waals surface area contributed by atoms with Crippen LogP contribution in [0.2, 0.25) is 0 Å². The molecule has 0 aromatic heterocycles. The van der Waals surface area contributed by atoms with Gasteiger partial charge in [0.1, 0.15) is 0 Å². The molecule has 0 unspecified atom stereocenters. The van der Waals surface area contributed by atoms with E-state index in [1.54, 1.807) is 5.06 Å². The van der Waals surface area contributed by atoms with Crippen molar-refractivity contribution in [3.05, 3.63) is 0 Å². The van der Waals surface area contributed by atoms with E-state index in [0.717, 1.165) is 19.3 Å². The Hall–Kier alpha value is -1.67. The fourth-order valence-electron chi connectivity index (χ4n) is 2.99. The molecule has 0 aromatic rings. The highest BCUT2D eigenvalue weighted by Crippen LogP contribution is 2.38. The average molecular weight is 314 g/mol. The van der Waals surface area contributed by atoms with Gasteiger partial charge in [0.2, 0.25) is 0 Å². The van der Waals surface area contributed by atoms with E-state index in [-0.39, 0.29) is 23.9 Å². The number of imide groups is 1. The van der Waals surface area contributed by atoms with E-state index in [2.05, 4.69) is 9.73 Å². The minimum absolute atomic E-state index is 0.0269. The average Bonchev–Trinajstić information content (AvgIpc) is 2.68. The summed E-state index contributed by atoms with van der Waals surface area (Å²) in [6.45, 7) is 7.93. The minimum atomic E-state index is -1.25. The number of piperidine rings is 1. The first-order chi connectivity index (χ1) is 10.1. The number of hydrogen-bond donors (Lipinski definition) is 0. The van der Waals surface area contributed by atoms with Crippen molar-refractivity contribution >= 4 is 18.0 Å². The molecule has 0 aromatic carbocycles. The van der Waals surface area contributed by atoms with E-state index in [9.17, 15) is 14.4 Å². The standard InChI is InChI=1S/C14H22N2O6/c1-13(2)8-5-9-14(3,4)16(13)22-21-12(19)20-15-10(17)6-7-11(15)18/h5-9H2,1-4H3. The van der Waals surface area contributed by atoms with E-state index in [1.807, 2.05) is 27.7 Å². The Kier molecular flexibility index (Phi) is 4.44. The maximum Gasteiger partial charge on any atom is 0.567 e. The second-order valence-corrected chi connectivity index (χ2v) is 6.85. The molecule has 8 heteroatoms. The van der Waals surface area contributed by atoms with Gasteiger partial charge in [0.05, 0.1) is 0 Å². The predicted molar refractivity (Wildman–Crippen MR) is 73.6 cm³/mol. The first-order valence-corrected chi connectivity index (χ1v) is 7.36. The van der Waals surface area contributed by atoms with Gasteiger partial charge in [-0.15, -0.1) is 5.06 Å². The lowest BCUT2D eigenvalue weighted by Gasteiger charge is -2.49. The molecule has 0 spiro atoms. The number of hydroxylamine groups is 4. The van der Waals surface area contributed by atoms with Crippen molar-refractivity contribution in [2.45, 2.75) is 70.9 Å². The maximum atomic E-state index is 11.6. The number of hydrogen-bond acceptors (Lipinski definition) is 7. The molecule has 2 heterocycles. The van der Waals surface area contributed by atoms with Crippen LogP contribution in [0, 0.1) is 0 Å². The highest BCUT2D eigenvalue weighted by Gasteiger charge is 2.44. The summed E-state index contributed by atoms with van der Waals surface area (Å²) in [6.07, 6.45) is 1.62. The van der Waals surface area contributed by atoms with Crippen LogP contribution in [0.15, 0.2) is 0 Å². The summed E-state index contributed by atoms with van der Waals surface area (Å²) in [5.41, 5.74) is -0.636. The topological polar surface area (TPSA) is 85.4 Å². The van der Waals surface area contributed by atoms with Crippen molar-refractivity contribution in [2.75, 3.05) is 0 Å². The Morgan fingerprint density at radius 3 is 2.00 bits per heavy atom. The molecule has 0 atom stereocenters. The fourth-order valence-corrected chi connectivity index (χ4v) is 2.99. The lowest BCUT2D eigenvalue weighted by atomic mass is 9.82. The molecule has 2 aliphatic rings. The highest BCUT2D eigenvalue weighted by molar-refractivity contribution is 6.01. The van der Waals surface area contributed by atoms with E-state index >= 15 is 0 Å². The molecule has 0 radical (unpaired) electrons. The van der Waals surface area contributed by atoms with Crippen LogP contribution in [-0.4, -0.2) is 39.2 Å². The summed E-state index contributed by atoms with van der Waals surface area (Å²) < 4.78 is 0. The van der Waals surface area contributed by atoms with Gasteiger partial charge in [-0.3, -0.25) is 14.4 Å². The van der Waals surface area contributed by atoms with Crippen LogP contribution in [0.3, 0.4) is 0 Å². The third kappa shape index (κ3) is 3.38. The molecule has 2 fully saturated rings. The van der Waals surface area contributed by atoms with Crippen molar-refractivity contribution in [3.63, 3.8) is 0 Å². The molecular weight excluding hydrogens is 292 g/mol. The summed E-state index contributed by atoms with van der Waals surface area (Å²) >= 11 is 0. The third-order valence-corrected chi connectivity index (χ3v) is 4.03. The summed E-state index contributed by atoms with van der Waals surface area (Å²) in [4.78, 5) is 48.7. The SMILES string of the molecule is CC1(C)CCCC(C)(C)N1OOC(=O)ON1C(=O)CCC1=O. The first kappa shape index (κ1) is 16.7. The zero-order valence-corrected chi connectivity index (χ0v) is 13.4. The van der Waals surface area contributed by atoms with E-state index in [1.165, 1.54) is 0 Å². The number of rotatable bonds is 3. The normalized spacial score (nSPS) is 24.5. The van der Waals surface area contributed by atoms with Crippen LogP contribution in [0.1, 0.15) is 59.8 Å². The van der Waals surface area contributed by atoms with E-state index in [0.29, 0.717) is 5.06 Å². The number of amides is 2. The Labute approximate surface area is 129 Å². The minimum Gasteiger partial charge on any atom is -0.293 e. The molecule has 2 rings (SSSR count). The van der Waals surface area contributed by atoms with Crippen molar-refractivity contribution in [2.24, 2.45) is 0 Å². The maximum absolute atomic E-state index is 11.6. The van der Waals surface area contributed by atoms with Gasteiger partial charge in [-0.25, -0.2) is 4.89 Å². The summed E-state index contributed by atoms with van der Waals surface area (Å²) in [5.74, 6) is -1.14. The van der Waals surface area contributed by atoms with Gasteiger partial charge in [-0.1, -0.05) is 10.1 Å². The number of carbonyl (C=O) groups excluding carboxylic acids is 3. The molecule has 2 aliphatic heterocycles. The molecule has 124 valence electrons. The van der Waals surface area contributed by atoms with Crippen LogP contribution >= 0.6 is 0 Å². The molecule has 0 N–H and O–H groups in total. The Morgan fingerprint density at radius 2 is 1.50 bits per heavy atom. The van der Waals surface area contributed by atoms with Gasteiger partial charge < -0.3 is 0 Å². The predicted octanol–water partition coefficient (Wildman–Crippen LogP) is 2.09. The van der Waals surface area contributed by atoms with Crippen molar-refractivity contribution in [1.29, 1.82) is 0 Å². The molecule has 2 saturated heterocycles. The Morgan fingerprint density at radius 1 is 1.00 bits per heavy atom. The van der Waals surface area contributed by atoms with Crippen molar-refractivity contribution in [1.82, 2.24) is 10.1 Å². The smallest absolute Gasteiger partial charge is 0.293 e. The van der Waals surface area contributed by atoms with Gasteiger partial charge in [-0.2, -0.15) is 4.79 Å². The number of carbonyl (C=O) groups is 3. The van der Waals surface area contributed by atoms with Crippen LogP contribution in [0.25, 0.3) is 0 Å². The fraction of sp³-hybridized carbons (Fsp3) is 0.786. The molecule has 0 aliphatic carbocycles. The van der Waals surface area contributed by atoms with Crippen LogP contribution in [0.4, 0.5) is 4.79 Å². The van der Waals surface area contributed by atoms with Crippen LogP contribution < -0.4 is 0 Å². The van der Waals surface area contributed by atoms with Gasteiger partial charge in [0.25, 0.3) is 11.8 Å². The second-order valence-electron chi connectivity index (χ2n) is 6.85. The largest absolute Gasteiger partial charge is 0.567 e.